The highest BCUT2D eigenvalue weighted by Gasteiger charge is 2.27. The lowest BCUT2D eigenvalue weighted by Crippen LogP contribution is -2.20. The Morgan fingerprint density at radius 3 is 2.85 bits per heavy atom. The highest BCUT2D eigenvalue weighted by atomic mass is 16.5. The SMILES string of the molecule is C=C/C(=C\C=C(/C)OC)NC1CCc2onc(C)c2-c2ccc(OC)cc21. The topological polar surface area (TPSA) is 56.5 Å². The summed E-state index contributed by atoms with van der Waals surface area (Å²) in [5, 5.41) is 7.77. The Morgan fingerprint density at radius 2 is 2.15 bits per heavy atom. The Hall–Kier alpha value is -2.95. The molecule has 0 saturated heterocycles. The summed E-state index contributed by atoms with van der Waals surface area (Å²) in [4.78, 5) is 0. The van der Waals surface area contributed by atoms with Gasteiger partial charge in [0, 0.05) is 17.7 Å². The number of ether oxygens (including phenoxy) is 2. The lowest BCUT2D eigenvalue weighted by molar-refractivity contribution is 0.293. The molecule has 0 amide bonds. The van der Waals surface area contributed by atoms with E-state index in [1.165, 1.54) is 5.56 Å². The van der Waals surface area contributed by atoms with Gasteiger partial charge in [0.05, 0.1) is 31.7 Å². The van der Waals surface area contributed by atoms with Crippen molar-refractivity contribution in [1.82, 2.24) is 10.5 Å². The maximum atomic E-state index is 5.58. The molecule has 3 rings (SSSR count). The predicted molar refractivity (Wildman–Crippen MR) is 106 cm³/mol. The van der Waals surface area contributed by atoms with Crippen LogP contribution in [0.25, 0.3) is 11.1 Å². The monoisotopic (exact) mass is 366 g/mol. The van der Waals surface area contributed by atoms with E-state index in [2.05, 4.69) is 29.2 Å². The minimum absolute atomic E-state index is 0.0950. The molecule has 0 fully saturated rings. The van der Waals surface area contributed by atoms with Gasteiger partial charge < -0.3 is 19.3 Å². The summed E-state index contributed by atoms with van der Waals surface area (Å²) in [5.74, 6) is 2.60. The molecule has 1 N–H and O–H groups in total. The molecule has 2 aromatic rings. The van der Waals surface area contributed by atoms with Crippen molar-refractivity contribution in [3.05, 3.63) is 71.5 Å². The van der Waals surface area contributed by atoms with E-state index in [-0.39, 0.29) is 6.04 Å². The summed E-state index contributed by atoms with van der Waals surface area (Å²) in [7, 11) is 3.34. The second-order valence-corrected chi connectivity index (χ2v) is 6.56. The zero-order chi connectivity index (χ0) is 19.4. The fourth-order valence-corrected chi connectivity index (χ4v) is 3.35. The normalized spacial score (nSPS) is 16.8. The number of methoxy groups -OCH3 is 2. The number of nitrogens with one attached hydrogen (secondary N) is 1. The molecule has 1 aromatic carbocycles. The van der Waals surface area contributed by atoms with E-state index in [4.69, 9.17) is 14.0 Å². The van der Waals surface area contributed by atoms with Crippen molar-refractivity contribution in [3.63, 3.8) is 0 Å². The van der Waals surface area contributed by atoms with Crippen LogP contribution in [0.5, 0.6) is 5.75 Å². The van der Waals surface area contributed by atoms with E-state index in [0.717, 1.165) is 52.6 Å². The molecule has 0 saturated carbocycles. The zero-order valence-electron chi connectivity index (χ0n) is 16.3. The summed E-state index contributed by atoms with van der Waals surface area (Å²) in [6.07, 6.45) is 7.39. The minimum Gasteiger partial charge on any atom is -0.501 e. The zero-order valence-corrected chi connectivity index (χ0v) is 16.3. The van der Waals surface area contributed by atoms with Crippen molar-refractivity contribution in [1.29, 1.82) is 0 Å². The van der Waals surface area contributed by atoms with E-state index in [0.29, 0.717) is 0 Å². The van der Waals surface area contributed by atoms with Gasteiger partial charge in [-0.2, -0.15) is 0 Å². The number of aromatic nitrogens is 1. The van der Waals surface area contributed by atoms with E-state index >= 15 is 0 Å². The number of allylic oxidation sites excluding steroid dienone is 4. The number of hydrogen-bond acceptors (Lipinski definition) is 5. The first kappa shape index (κ1) is 18.8. The molecule has 5 heteroatoms. The Bertz CT molecular complexity index is 893. The van der Waals surface area contributed by atoms with Crippen molar-refractivity contribution in [2.45, 2.75) is 32.7 Å². The molecule has 0 spiro atoms. The summed E-state index contributed by atoms with van der Waals surface area (Å²) >= 11 is 0. The largest absolute Gasteiger partial charge is 0.501 e. The molecule has 1 aliphatic rings. The molecule has 142 valence electrons. The summed E-state index contributed by atoms with van der Waals surface area (Å²) in [6, 6.07) is 6.25. The molecule has 1 aliphatic carbocycles. The van der Waals surface area contributed by atoms with E-state index in [1.54, 1.807) is 14.2 Å². The maximum Gasteiger partial charge on any atom is 0.144 e. The van der Waals surface area contributed by atoms with Crippen LogP contribution < -0.4 is 10.1 Å². The van der Waals surface area contributed by atoms with E-state index in [1.807, 2.05) is 38.1 Å². The van der Waals surface area contributed by atoms with Crippen molar-refractivity contribution in [2.24, 2.45) is 0 Å². The third-order valence-corrected chi connectivity index (χ3v) is 4.88. The molecule has 0 bridgehead atoms. The predicted octanol–water partition coefficient (Wildman–Crippen LogP) is 4.86. The van der Waals surface area contributed by atoms with Crippen molar-refractivity contribution >= 4 is 0 Å². The van der Waals surface area contributed by atoms with Crippen LogP contribution in [0.1, 0.15) is 36.4 Å². The molecule has 5 nitrogen and oxygen atoms in total. The van der Waals surface area contributed by atoms with E-state index < -0.39 is 0 Å². The van der Waals surface area contributed by atoms with Gasteiger partial charge in [-0.15, -0.1) is 0 Å². The lowest BCUT2D eigenvalue weighted by Gasteiger charge is -2.22. The van der Waals surface area contributed by atoms with Crippen LogP contribution in [-0.2, 0) is 11.2 Å². The molecule has 1 unspecified atom stereocenters. The first-order chi connectivity index (χ1) is 13.1. The number of fused-ring (bicyclic) bond motifs is 3. The number of hydrogen-bond donors (Lipinski definition) is 1. The van der Waals surface area contributed by atoms with Crippen LogP contribution >= 0.6 is 0 Å². The first-order valence-corrected chi connectivity index (χ1v) is 9.02. The fourth-order valence-electron chi connectivity index (χ4n) is 3.35. The van der Waals surface area contributed by atoms with Crippen molar-refractivity contribution in [2.75, 3.05) is 14.2 Å². The number of aryl methyl sites for hydroxylation is 2. The number of benzene rings is 1. The molecule has 0 radical (unpaired) electrons. The Labute approximate surface area is 160 Å². The standard InChI is InChI=1S/C22H26N2O3/c1-6-16(8-7-14(2)25-4)23-20-11-12-21-22(15(3)24-27-21)18-10-9-17(26-5)13-19(18)20/h6-10,13,20,23H,1,11-12H2,2-5H3/b14-7+,16-8+. The van der Waals surface area contributed by atoms with Crippen LogP contribution in [0.4, 0.5) is 0 Å². The van der Waals surface area contributed by atoms with Gasteiger partial charge >= 0.3 is 0 Å². The molecule has 0 aliphatic heterocycles. The van der Waals surface area contributed by atoms with Crippen LogP contribution in [0.2, 0.25) is 0 Å². The van der Waals surface area contributed by atoms with E-state index in [9.17, 15) is 0 Å². The quantitative estimate of drug-likeness (QED) is 0.585. The third-order valence-electron chi connectivity index (χ3n) is 4.88. The van der Waals surface area contributed by atoms with Crippen LogP contribution in [0.15, 0.2) is 59.0 Å². The van der Waals surface area contributed by atoms with Gasteiger partial charge in [-0.3, -0.25) is 0 Å². The second kappa shape index (κ2) is 8.16. The van der Waals surface area contributed by atoms with Gasteiger partial charge in [0.1, 0.15) is 11.5 Å². The lowest BCUT2D eigenvalue weighted by atomic mass is 9.95. The minimum atomic E-state index is 0.0950. The van der Waals surface area contributed by atoms with Gasteiger partial charge in [-0.25, -0.2) is 0 Å². The second-order valence-electron chi connectivity index (χ2n) is 6.56. The molecular formula is C22H26N2O3. The average molecular weight is 366 g/mol. The average Bonchev–Trinajstić information content (AvgIpc) is 2.98. The van der Waals surface area contributed by atoms with Crippen molar-refractivity contribution < 1.29 is 14.0 Å². The maximum absolute atomic E-state index is 5.58. The fraction of sp³-hybridized carbons (Fsp3) is 0.318. The Morgan fingerprint density at radius 1 is 1.33 bits per heavy atom. The molecule has 1 heterocycles. The van der Waals surface area contributed by atoms with Crippen LogP contribution in [0, 0.1) is 6.92 Å². The van der Waals surface area contributed by atoms with Gasteiger partial charge in [-0.05, 0) is 61.8 Å². The van der Waals surface area contributed by atoms with Crippen molar-refractivity contribution in [3.8, 4) is 16.9 Å². The Balaban J connectivity index is 2.02. The number of rotatable bonds is 6. The van der Waals surface area contributed by atoms with Crippen LogP contribution in [-0.4, -0.2) is 19.4 Å². The third kappa shape index (κ3) is 3.92. The summed E-state index contributed by atoms with van der Waals surface area (Å²) in [6.45, 7) is 7.83. The highest BCUT2D eigenvalue weighted by molar-refractivity contribution is 5.73. The smallest absolute Gasteiger partial charge is 0.144 e. The van der Waals surface area contributed by atoms with Crippen LogP contribution in [0.3, 0.4) is 0 Å². The molecule has 27 heavy (non-hydrogen) atoms. The first-order valence-electron chi connectivity index (χ1n) is 9.02. The number of nitrogens with zero attached hydrogens (tertiary/aromatic N) is 1. The van der Waals surface area contributed by atoms with Gasteiger partial charge in [-0.1, -0.05) is 17.8 Å². The molecular weight excluding hydrogens is 340 g/mol. The van der Waals surface area contributed by atoms with Gasteiger partial charge in [0.15, 0.2) is 0 Å². The Kier molecular flexibility index (Phi) is 5.69. The van der Waals surface area contributed by atoms with Gasteiger partial charge in [0.2, 0.25) is 0 Å². The summed E-state index contributed by atoms with van der Waals surface area (Å²) in [5.41, 5.74) is 5.23. The molecule has 1 atom stereocenters. The molecule has 1 aromatic heterocycles. The van der Waals surface area contributed by atoms with Gasteiger partial charge in [0.25, 0.3) is 0 Å². The highest BCUT2D eigenvalue weighted by Crippen LogP contribution is 2.40. The summed E-state index contributed by atoms with van der Waals surface area (Å²) < 4.78 is 16.3.